The van der Waals surface area contributed by atoms with Gasteiger partial charge >= 0.3 is 0 Å². The van der Waals surface area contributed by atoms with Gasteiger partial charge in [-0.15, -0.1) is 10.2 Å². The maximum Gasteiger partial charge on any atom is 0.296 e. The standard InChI is InChI=1S/C32H22N4O8S2/c37-31-25-7-3-1-5-21(25)17-27(45(39,40)41)29(31)35-33-23-13-9-19(10-14-23)20-11-15-24(16-12-20)34-36-30-28(46(42,43)44)18-22-6-2-4-8-26(22)32(30)38/h1-18,37-38H,(H,39,40,41)(H,42,43,44). The van der Waals surface area contributed by atoms with E-state index in [0.717, 1.165) is 11.1 Å². The van der Waals surface area contributed by atoms with Crippen LogP contribution >= 0.6 is 0 Å². The van der Waals surface area contributed by atoms with Crippen LogP contribution in [-0.2, 0) is 20.2 Å². The molecule has 0 aliphatic carbocycles. The number of hydrogen-bond donors (Lipinski definition) is 4. The highest BCUT2D eigenvalue weighted by molar-refractivity contribution is 7.86. The van der Waals surface area contributed by atoms with Crippen LogP contribution in [0.5, 0.6) is 11.5 Å². The average Bonchev–Trinajstić information content (AvgIpc) is 3.03. The van der Waals surface area contributed by atoms with Crippen molar-refractivity contribution in [2.75, 3.05) is 0 Å². The van der Waals surface area contributed by atoms with Crippen molar-refractivity contribution in [1.82, 2.24) is 0 Å². The van der Waals surface area contributed by atoms with Gasteiger partial charge in [-0.1, -0.05) is 72.8 Å². The van der Waals surface area contributed by atoms with E-state index in [1.54, 1.807) is 97.1 Å². The molecular formula is C32H22N4O8S2. The Labute approximate surface area is 262 Å². The number of phenols is 2. The van der Waals surface area contributed by atoms with Gasteiger partial charge in [0.2, 0.25) is 0 Å². The number of benzene rings is 6. The molecule has 6 aromatic rings. The van der Waals surface area contributed by atoms with E-state index in [-0.39, 0.29) is 0 Å². The molecule has 0 bridgehead atoms. The van der Waals surface area contributed by atoms with E-state index in [0.29, 0.717) is 32.9 Å². The molecule has 0 saturated heterocycles. The van der Waals surface area contributed by atoms with E-state index in [1.807, 2.05) is 0 Å². The van der Waals surface area contributed by atoms with Crippen molar-refractivity contribution in [3.63, 3.8) is 0 Å². The smallest absolute Gasteiger partial charge is 0.296 e. The highest BCUT2D eigenvalue weighted by Crippen LogP contribution is 2.42. The van der Waals surface area contributed by atoms with E-state index in [9.17, 15) is 36.2 Å². The lowest BCUT2D eigenvalue weighted by Crippen LogP contribution is -1.99. The molecular weight excluding hydrogens is 633 g/mol. The minimum atomic E-state index is -4.72. The summed E-state index contributed by atoms with van der Waals surface area (Å²) in [7, 11) is -9.43. The van der Waals surface area contributed by atoms with E-state index in [1.165, 1.54) is 12.1 Å². The van der Waals surface area contributed by atoms with Crippen LogP contribution in [0.1, 0.15) is 0 Å². The molecule has 0 unspecified atom stereocenters. The highest BCUT2D eigenvalue weighted by Gasteiger charge is 2.23. The van der Waals surface area contributed by atoms with E-state index >= 15 is 0 Å². The van der Waals surface area contributed by atoms with Crippen molar-refractivity contribution in [2.45, 2.75) is 9.79 Å². The van der Waals surface area contributed by atoms with Crippen molar-refractivity contribution in [1.29, 1.82) is 0 Å². The highest BCUT2D eigenvalue weighted by atomic mass is 32.2. The van der Waals surface area contributed by atoms with Crippen LogP contribution in [0.3, 0.4) is 0 Å². The van der Waals surface area contributed by atoms with Crippen molar-refractivity contribution < 1.29 is 36.2 Å². The Morgan fingerprint density at radius 1 is 0.457 bits per heavy atom. The molecule has 0 atom stereocenters. The molecule has 0 heterocycles. The zero-order valence-corrected chi connectivity index (χ0v) is 25.1. The summed E-state index contributed by atoms with van der Waals surface area (Å²) in [5.74, 6) is -0.873. The van der Waals surface area contributed by atoms with Gasteiger partial charge in [0.1, 0.15) is 21.2 Å². The first-order valence-corrected chi connectivity index (χ1v) is 16.3. The van der Waals surface area contributed by atoms with Gasteiger partial charge in [-0.3, -0.25) is 9.11 Å². The maximum absolute atomic E-state index is 12.0. The third-order valence-electron chi connectivity index (χ3n) is 7.08. The van der Waals surface area contributed by atoms with Gasteiger partial charge in [0, 0.05) is 10.8 Å². The molecule has 230 valence electrons. The fourth-order valence-corrected chi connectivity index (χ4v) is 6.14. The molecule has 0 aromatic heterocycles. The number of fused-ring (bicyclic) bond motifs is 2. The van der Waals surface area contributed by atoms with Gasteiger partial charge in [-0.05, 0) is 58.3 Å². The summed E-state index contributed by atoms with van der Waals surface area (Å²) < 4.78 is 67.4. The molecule has 0 saturated carbocycles. The van der Waals surface area contributed by atoms with Gasteiger partial charge < -0.3 is 10.2 Å². The quantitative estimate of drug-likeness (QED) is 0.0971. The largest absolute Gasteiger partial charge is 0.505 e. The fraction of sp³-hybridized carbons (Fsp3) is 0. The van der Waals surface area contributed by atoms with Crippen LogP contribution in [0.15, 0.2) is 139 Å². The van der Waals surface area contributed by atoms with Crippen LogP contribution in [0.25, 0.3) is 32.7 Å². The molecule has 6 rings (SSSR count). The molecule has 4 N–H and O–H groups in total. The second-order valence-corrected chi connectivity index (χ2v) is 12.8. The number of phenolic OH excluding ortho intramolecular Hbond substituents is 2. The summed E-state index contributed by atoms with van der Waals surface area (Å²) in [6, 6.07) is 28.9. The lowest BCUT2D eigenvalue weighted by molar-refractivity contribution is 0.471. The van der Waals surface area contributed by atoms with E-state index in [4.69, 9.17) is 0 Å². The zero-order valence-electron chi connectivity index (χ0n) is 23.4. The fourth-order valence-electron chi connectivity index (χ4n) is 4.83. The van der Waals surface area contributed by atoms with Crippen molar-refractivity contribution in [3.05, 3.63) is 109 Å². The van der Waals surface area contributed by atoms with Crippen LogP contribution in [-0.4, -0.2) is 36.2 Å². The van der Waals surface area contributed by atoms with Gasteiger partial charge in [-0.25, -0.2) is 0 Å². The number of rotatable bonds is 7. The SMILES string of the molecule is O=S(=O)(O)c1cc2ccccc2c(O)c1N=Nc1ccc(-c2ccc(N=Nc3c(S(=O)(=O)O)cc4ccccc4c3O)cc2)cc1. The molecule has 0 spiro atoms. The molecule has 14 heteroatoms. The van der Waals surface area contributed by atoms with Gasteiger partial charge in [0.15, 0.2) is 11.5 Å². The second kappa shape index (κ2) is 11.8. The van der Waals surface area contributed by atoms with Gasteiger partial charge in [0.05, 0.1) is 11.4 Å². The normalized spacial score (nSPS) is 12.5. The predicted molar refractivity (Wildman–Crippen MR) is 171 cm³/mol. The topological polar surface area (TPSA) is 199 Å². The van der Waals surface area contributed by atoms with Crippen LogP contribution in [0.2, 0.25) is 0 Å². The van der Waals surface area contributed by atoms with E-state index < -0.39 is 52.9 Å². The minimum absolute atomic E-state index is 0.341. The third kappa shape index (κ3) is 6.05. The third-order valence-corrected chi connectivity index (χ3v) is 8.81. The van der Waals surface area contributed by atoms with Crippen molar-refractivity contribution in [3.8, 4) is 22.6 Å². The Morgan fingerprint density at radius 2 is 0.804 bits per heavy atom. The number of azo groups is 2. The first-order valence-electron chi connectivity index (χ1n) is 13.4. The monoisotopic (exact) mass is 654 g/mol. The summed E-state index contributed by atoms with van der Waals surface area (Å²) in [5.41, 5.74) is 1.44. The van der Waals surface area contributed by atoms with E-state index in [2.05, 4.69) is 20.5 Å². The summed E-state index contributed by atoms with van der Waals surface area (Å²) in [4.78, 5) is -1.15. The Hall–Kier alpha value is -5.54. The predicted octanol–water partition coefficient (Wildman–Crippen LogP) is 8.40. The first kappa shape index (κ1) is 30.5. The summed E-state index contributed by atoms with van der Waals surface area (Å²) in [5, 5.41) is 38.9. The number of hydrogen-bond acceptors (Lipinski definition) is 10. The lowest BCUT2D eigenvalue weighted by atomic mass is 10.1. The zero-order chi connectivity index (χ0) is 32.6. The van der Waals surface area contributed by atoms with Crippen LogP contribution in [0, 0.1) is 0 Å². The maximum atomic E-state index is 12.0. The molecule has 0 fully saturated rings. The number of aromatic hydroxyl groups is 2. The van der Waals surface area contributed by atoms with Crippen LogP contribution < -0.4 is 0 Å². The summed E-state index contributed by atoms with van der Waals surface area (Å²) in [6.45, 7) is 0. The Balaban J connectivity index is 1.25. The van der Waals surface area contributed by atoms with Crippen molar-refractivity contribution >= 4 is 64.5 Å². The van der Waals surface area contributed by atoms with Gasteiger partial charge in [0.25, 0.3) is 20.2 Å². The molecule has 46 heavy (non-hydrogen) atoms. The molecule has 12 nitrogen and oxygen atoms in total. The lowest BCUT2D eigenvalue weighted by Gasteiger charge is -2.08. The molecule has 0 amide bonds. The Bertz CT molecular complexity index is 2260. The summed E-state index contributed by atoms with van der Waals surface area (Å²) in [6.07, 6.45) is 0. The minimum Gasteiger partial charge on any atom is -0.505 e. The molecule has 0 aliphatic heterocycles. The second-order valence-electron chi connectivity index (χ2n) is 10.0. The Kier molecular flexibility index (Phi) is 7.79. The molecule has 0 radical (unpaired) electrons. The van der Waals surface area contributed by atoms with Gasteiger partial charge in [-0.2, -0.15) is 27.1 Å². The van der Waals surface area contributed by atoms with Crippen molar-refractivity contribution in [2.24, 2.45) is 20.5 Å². The average molecular weight is 655 g/mol. The Morgan fingerprint density at radius 3 is 1.15 bits per heavy atom. The molecule has 6 aromatic carbocycles. The van der Waals surface area contributed by atoms with Crippen LogP contribution in [0.4, 0.5) is 22.7 Å². The molecule has 0 aliphatic rings. The number of nitrogens with zero attached hydrogens (tertiary/aromatic N) is 4. The first-order chi connectivity index (χ1) is 21.9. The summed E-state index contributed by atoms with van der Waals surface area (Å²) >= 11 is 0.